The van der Waals surface area contributed by atoms with Crippen molar-refractivity contribution in [3.05, 3.63) is 30.3 Å². The molecule has 0 saturated heterocycles. The van der Waals surface area contributed by atoms with E-state index in [1.54, 1.807) is 0 Å². The maximum atomic E-state index is 13.6. The van der Waals surface area contributed by atoms with Gasteiger partial charge in [-0.05, 0) is 135 Å². The first kappa shape index (κ1) is 25.1. The van der Waals surface area contributed by atoms with E-state index in [1.165, 1.54) is 44.9 Å². The van der Waals surface area contributed by atoms with Crippen molar-refractivity contribution in [2.24, 2.45) is 40.4 Å². The second-order valence-electron chi connectivity index (χ2n) is 13.0. The number of aliphatic hydroxyl groups is 2. The summed E-state index contributed by atoms with van der Waals surface area (Å²) < 4.78 is 13.6. The van der Waals surface area contributed by atoms with Gasteiger partial charge in [-0.2, -0.15) is 0 Å². The van der Waals surface area contributed by atoms with Crippen molar-refractivity contribution in [3.63, 3.8) is 0 Å². The van der Waals surface area contributed by atoms with Crippen LogP contribution in [0.4, 0.5) is 0 Å². The third-order valence-electron chi connectivity index (χ3n) is 11.3. The van der Waals surface area contributed by atoms with Gasteiger partial charge in [0.1, 0.15) is 5.25 Å². The van der Waals surface area contributed by atoms with Crippen molar-refractivity contribution in [2.75, 3.05) is 0 Å². The molecule has 10 unspecified atom stereocenters. The normalized spacial score (nSPS) is 44.4. The fourth-order valence-corrected chi connectivity index (χ4v) is 11.1. The molecule has 4 saturated carbocycles. The van der Waals surface area contributed by atoms with E-state index in [2.05, 4.69) is 13.8 Å². The lowest BCUT2D eigenvalue weighted by atomic mass is 9.44. The highest BCUT2D eigenvalue weighted by Crippen LogP contribution is 2.68. The van der Waals surface area contributed by atoms with E-state index in [0.717, 1.165) is 41.9 Å². The largest absolute Gasteiger partial charge is 0.611 e. The molecule has 0 radical (unpaired) electrons. The number of fused-ring (bicyclic) bond motifs is 5. The number of benzene rings is 1. The average Bonchev–Trinajstić information content (AvgIpc) is 3.15. The van der Waals surface area contributed by atoms with Gasteiger partial charge in [-0.3, -0.25) is 0 Å². The Balaban J connectivity index is 1.33. The Morgan fingerprint density at radius 1 is 0.971 bits per heavy atom. The van der Waals surface area contributed by atoms with E-state index >= 15 is 0 Å². The van der Waals surface area contributed by atoms with E-state index in [1.807, 2.05) is 37.3 Å². The van der Waals surface area contributed by atoms with Crippen molar-refractivity contribution in [2.45, 2.75) is 114 Å². The molecule has 4 fully saturated rings. The number of aliphatic hydroxyl groups excluding tert-OH is 2. The molecule has 4 heteroatoms. The molecule has 0 aromatic heterocycles. The average molecular weight is 487 g/mol. The lowest BCUT2D eigenvalue weighted by molar-refractivity contribution is -0.127. The maximum absolute atomic E-state index is 13.6. The van der Waals surface area contributed by atoms with Crippen molar-refractivity contribution < 1.29 is 14.8 Å². The van der Waals surface area contributed by atoms with Crippen LogP contribution in [0.1, 0.15) is 91.4 Å². The molecule has 5 rings (SSSR count). The van der Waals surface area contributed by atoms with Gasteiger partial charge in [0.2, 0.25) is 0 Å². The van der Waals surface area contributed by atoms with Gasteiger partial charge in [-0.15, -0.1) is 0 Å². The van der Waals surface area contributed by atoms with Gasteiger partial charge in [0, 0.05) is 6.42 Å². The molecule has 190 valence electrons. The van der Waals surface area contributed by atoms with E-state index in [9.17, 15) is 14.8 Å². The summed E-state index contributed by atoms with van der Waals surface area (Å²) >= 11 is -1.08. The van der Waals surface area contributed by atoms with Gasteiger partial charge < -0.3 is 14.8 Å². The van der Waals surface area contributed by atoms with Crippen LogP contribution in [0.2, 0.25) is 0 Å². The lowest BCUT2D eigenvalue weighted by Crippen LogP contribution is -2.54. The van der Waals surface area contributed by atoms with Crippen LogP contribution < -0.4 is 0 Å². The minimum Gasteiger partial charge on any atom is -0.611 e. The molecule has 11 atom stereocenters. The summed E-state index contributed by atoms with van der Waals surface area (Å²) in [6.07, 6.45) is 12.2. The third kappa shape index (κ3) is 4.40. The molecular weight excluding hydrogens is 440 g/mol. The first-order chi connectivity index (χ1) is 16.2. The molecule has 1 aromatic carbocycles. The summed E-state index contributed by atoms with van der Waals surface area (Å²) in [5.74, 6) is 3.76. The van der Waals surface area contributed by atoms with Crippen LogP contribution in [-0.2, 0) is 11.2 Å². The van der Waals surface area contributed by atoms with Crippen LogP contribution in [0.5, 0.6) is 0 Å². The van der Waals surface area contributed by atoms with Crippen molar-refractivity contribution in [1.82, 2.24) is 0 Å². The summed E-state index contributed by atoms with van der Waals surface area (Å²) in [6, 6.07) is 9.89. The second-order valence-corrected chi connectivity index (χ2v) is 14.7. The Morgan fingerprint density at radius 2 is 1.68 bits per heavy atom. The molecule has 3 nitrogen and oxygen atoms in total. The smallest absolute Gasteiger partial charge is 0.152 e. The van der Waals surface area contributed by atoms with Gasteiger partial charge in [0.25, 0.3) is 0 Å². The van der Waals surface area contributed by atoms with Crippen LogP contribution in [0, 0.1) is 40.4 Å². The zero-order chi connectivity index (χ0) is 24.1. The minimum absolute atomic E-state index is 0.0220. The minimum atomic E-state index is -1.08. The molecule has 0 bridgehead atoms. The zero-order valence-corrected chi connectivity index (χ0v) is 22.3. The Bertz CT molecular complexity index is 830. The van der Waals surface area contributed by atoms with Crippen LogP contribution in [0.3, 0.4) is 0 Å². The van der Waals surface area contributed by atoms with E-state index in [0.29, 0.717) is 29.1 Å². The van der Waals surface area contributed by atoms with Gasteiger partial charge in [-0.1, -0.05) is 32.0 Å². The van der Waals surface area contributed by atoms with Crippen molar-refractivity contribution >= 4 is 11.2 Å². The first-order valence-electron chi connectivity index (χ1n) is 14.0. The molecule has 0 amide bonds. The monoisotopic (exact) mass is 486 g/mol. The standard InChI is InChI=1S/C30H46O3S/c1-20(31)17-25(34(33)24-7-5-4-6-8-24)19-22-10-12-27-26-11-9-21-18-23(32)13-15-29(21,2)28(26)14-16-30(22,27)3/h4-8,20-23,25-28,31-32H,9-19H2,1-3H3/t20-,21?,22?,23?,25?,26?,27?,28?,29?,30?,34?/m1/s1. The summed E-state index contributed by atoms with van der Waals surface area (Å²) in [6.45, 7) is 6.98. The summed E-state index contributed by atoms with van der Waals surface area (Å²) in [4.78, 5) is 0.905. The summed E-state index contributed by atoms with van der Waals surface area (Å²) in [5.41, 5.74) is 0.765. The van der Waals surface area contributed by atoms with Gasteiger partial charge in [0.15, 0.2) is 4.90 Å². The van der Waals surface area contributed by atoms with E-state index < -0.39 is 17.3 Å². The highest BCUT2D eigenvalue weighted by atomic mass is 32.2. The van der Waals surface area contributed by atoms with Crippen LogP contribution in [0.25, 0.3) is 0 Å². The van der Waals surface area contributed by atoms with Crippen LogP contribution >= 0.6 is 0 Å². The molecule has 4 aliphatic rings. The van der Waals surface area contributed by atoms with Crippen molar-refractivity contribution in [1.29, 1.82) is 0 Å². The predicted molar refractivity (Wildman–Crippen MR) is 139 cm³/mol. The van der Waals surface area contributed by atoms with Crippen LogP contribution in [0.15, 0.2) is 35.2 Å². The van der Waals surface area contributed by atoms with Crippen LogP contribution in [-0.4, -0.2) is 32.2 Å². The fourth-order valence-electron chi connectivity index (χ4n) is 9.45. The number of rotatable bonds is 6. The number of hydrogen-bond acceptors (Lipinski definition) is 3. The lowest BCUT2D eigenvalue weighted by Gasteiger charge is -2.61. The molecule has 0 aliphatic heterocycles. The number of hydrogen-bond donors (Lipinski definition) is 2. The highest BCUT2D eigenvalue weighted by molar-refractivity contribution is 7.92. The molecule has 2 N–H and O–H groups in total. The van der Waals surface area contributed by atoms with E-state index in [4.69, 9.17) is 0 Å². The topological polar surface area (TPSA) is 63.5 Å². The molecule has 1 aromatic rings. The Morgan fingerprint density at radius 3 is 2.41 bits per heavy atom. The Kier molecular flexibility index (Phi) is 7.18. The molecule has 4 aliphatic carbocycles. The first-order valence-corrected chi connectivity index (χ1v) is 15.3. The molecule has 0 heterocycles. The van der Waals surface area contributed by atoms with Gasteiger partial charge in [0.05, 0.1) is 12.2 Å². The van der Waals surface area contributed by atoms with Gasteiger partial charge in [-0.25, -0.2) is 0 Å². The van der Waals surface area contributed by atoms with E-state index in [-0.39, 0.29) is 11.4 Å². The Hall–Kier alpha value is -0.550. The highest BCUT2D eigenvalue weighted by Gasteiger charge is 2.60. The summed E-state index contributed by atoms with van der Waals surface area (Å²) in [5, 5.41) is 20.6. The van der Waals surface area contributed by atoms with Gasteiger partial charge >= 0.3 is 0 Å². The fraction of sp³-hybridized carbons (Fsp3) is 0.800. The molecule has 0 spiro atoms. The quantitative estimate of drug-likeness (QED) is 0.461. The second kappa shape index (κ2) is 9.72. The zero-order valence-electron chi connectivity index (χ0n) is 21.5. The summed E-state index contributed by atoms with van der Waals surface area (Å²) in [7, 11) is 0. The van der Waals surface area contributed by atoms with Crippen molar-refractivity contribution in [3.8, 4) is 0 Å². The maximum Gasteiger partial charge on any atom is 0.152 e. The predicted octanol–water partition coefficient (Wildman–Crippen LogP) is 6.34. The Labute approximate surface area is 210 Å². The molecular formula is C30H46O3S. The SMILES string of the molecule is C[C@@H](O)CC(CC1CCC2C3CCC4CC(O)CCC4(C)C3CCC12C)[S+]([O-])c1ccccc1. The molecule has 34 heavy (non-hydrogen) atoms. The third-order valence-corrected chi connectivity index (χ3v) is 13.0.